The Hall–Kier alpha value is -0.810. The molecule has 0 aromatic heterocycles. The van der Waals surface area contributed by atoms with Crippen molar-refractivity contribution in [1.82, 2.24) is 15.5 Å². The molecule has 5 nitrogen and oxygen atoms in total. The van der Waals surface area contributed by atoms with Crippen LogP contribution in [0.3, 0.4) is 0 Å². The second kappa shape index (κ2) is 6.06. The largest absolute Gasteiger partial charge is 0.465 e. The molecule has 1 rings (SSSR count). The lowest BCUT2D eigenvalue weighted by molar-refractivity contribution is 0.165. The topological polar surface area (TPSA) is 64.6 Å². The van der Waals surface area contributed by atoms with Gasteiger partial charge in [0.05, 0.1) is 0 Å². The van der Waals surface area contributed by atoms with Gasteiger partial charge in [0.15, 0.2) is 0 Å². The van der Waals surface area contributed by atoms with E-state index in [2.05, 4.69) is 15.5 Å². The van der Waals surface area contributed by atoms with Crippen molar-refractivity contribution in [2.24, 2.45) is 0 Å². The molecule has 0 bridgehead atoms. The van der Waals surface area contributed by atoms with Crippen molar-refractivity contribution in [3.8, 4) is 0 Å². The predicted molar refractivity (Wildman–Crippen MR) is 63.8 cm³/mol. The number of carbonyl (C=O) groups is 1. The van der Waals surface area contributed by atoms with E-state index in [1.54, 1.807) is 0 Å². The molecule has 0 radical (unpaired) electrons. The van der Waals surface area contributed by atoms with Gasteiger partial charge in [-0.3, -0.25) is 0 Å². The Bertz CT molecular complexity index is 223. The Morgan fingerprint density at radius 3 is 2.81 bits per heavy atom. The maximum Gasteiger partial charge on any atom is 0.405 e. The van der Waals surface area contributed by atoms with Crippen molar-refractivity contribution in [3.05, 3.63) is 0 Å². The Kier molecular flexibility index (Phi) is 5.02. The summed E-state index contributed by atoms with van der Waals surface area (Å²) in [7, 11) is 4.03. The number of rotatable bonds is 4. The van der Waals surface area contributed by atoms with Crippen LogP contribution in [-0.2, 0) is 0 Å². The fourth-order valence-electron chi connectivity index (χ4n) is 2.23. The zero-order valence-electron chi connectivity index (χ0n) is 10.3. The zero-order chi connectivity index (χ0) is 12.0. The van der Waals surface area contributed by atoms with E-state index in [0.29, 0.717) is 0 Å². The Balaban J connectivity index is 2.61. The summed E-state index contributed by atoms with van der Waals surface area (Å²) in [5.41, 5.74) is -0.237. The maximum atomic E-state index is 10.9. The number of hydrogen-bond acceptors (Lipinski definition) is 3. The van der Waals surface area contributed by atoms with Crippen LogP contribution in [0, 0.1) is 0 Å². The molecule has 0 spiro atoms. The molecule has 0 saturated carbocycles. The van der Waals surface area contributed by atoms with Crippen LogP contribution in [0.4, 0.5) is 4.79 Å². The van der Waals surface area contributed by atoms with Crippen LogP contribution in [0.15, 0.2) is 0 Å². The summed E-state index contributed by atoms with van der Waals surface area (Å²) < 4.78 is 0. The molecule has 1 aliphatic heterocycles. The first-order valence-corrected chi connectivity index (χ1v) is 5.91. The van der Waals surface area contributed by atoms with E-state index in [1.165, 1.54) is 0 Å². The van der Waals surface area contributed by atoms with Crippen molar-refractivity contribution in [3.63, 3.8) is 0 Å². The number of carboxylic acid groups (broad SMARTS) is 1. The number of amides is 1. The highest BCUT2D eigenvalue weighted by atomic mass is 16.4. The normalized spacial score (nSPS) is 26.4. The van der Waals surface area contributed by atoms with Gasteiger partial charge >= 0.3 is 6.09 Å². The van der Waals surface area contributed by atoms with E-state index in [-0.39, 0.29) is 5.54 Å². The van der Waals surface area contributed by atoms with Crippen molar-refractivity contribution in [1.29, 1.82) is 0 Å². The van der Waals surface area contributed by atoms with E-state index >= 15 is 0 Å². The Labute approximate surface area is 97.2 Å². The number of nitrogens with zero attached hydrogens (tertiary/aromatic N) is 1. The minimum atomic E-state index is -0.902. The minimum absolute atomic E-state index is 0.237. The molecule has 1 heterocycles. The Morgan fingerprint density at radius 1 is 1.44 bits per heavy atom. The summed E-state index contributed by atoms with van der Waals surface area (Å²) in [6.45, 7) is 2.80. The van der Waals surface area contributed by atoms with E-state index in [9.17, 15) is 4.79 Å². The standard InChI is InChI=1S/C11H23N3O2/c1-14(2)9-6-11(13-10(15)16)4-3-7-12-8-5-11/h12-13H,3-9H2,1-2H3,(H,15,16)/t11-/m0/s1. The highest BCUT2D eigenvalue weighted by Gasteiger charge is 2.32. The first kappa shape index (κ1) is 13.3. The summed E-state index contributed by atoms with van der Waals surface area (Å²) >= 11 is 0. The fourth-order valence-corrected chi connectivity index (χ4v) is 2.23. The molecule has 94 valence electrons. The van der Waals surface area contributed by atoms with Crippen LogP contribution in [0.25, 0.3) is 0 Å². The minimum Gasteiger partial charge on any atom is -0.465 e. The summed E-state index contributed by atoms with van der Waals surface area (Å²) in [6, 6.07) is 0. The van der Waals surface area contributed by atoms with Crippen LogP contribution in [0.5, 0.6) is 0 Å². The van der Waals surface area contributed by atoms with Crippen LogP contribution < -0.4 is 10.6 Å². The summed E-state index contributed by atoms with van der Waals surface area (Å²) in [5.74, 6) is 0. The lowest BCUT2D eigenvalue weighted by atomic mass is 9.87. The third-order valence-corrected chi connectivity index (χ3v) is 3.20. The summed E-state index contributed by atoms with van der Waals surface area (Å²) in [4.78, 5) is 13.0. The van der Waals surface area contributed by atoms with Crippen molar-refractivity contribution in [2.45, 2.75) is 31.2 Å². The predicted octanol–water partition coefficient (Wildman–Crippen LogP) is 0.718. The maximum absolute atomic E-state index is 10.9. The second-order valence-corrected chi connectivity index (χ2v) is 4.87. The van der Waals surface area contributed by atoms with Crippen LogP contribution in [0.2, 0.25) is 0 Å². The highest BCUT2D eigenvalue weighted by molar-refractivity contribution is 5.65. The van der Waals surface area contributed by atoms with Gasteiger partial charge in [-0.1, -0.05) is 0 Å². The second-order valence-electron chi connectivity index (χ2n) is 4.87. The first-order chi connectivity index (χ1) is 7.54. The van der Waals surface area contributed by atoms with Gasteiger partial charge in [-0.05, 0) is 59.4 Å². The third kappa shape index (κ3) is 4.37. The average Bonchev–Trinajstić information content (AvgIpc) is 2.40. The molecule has 1 saturated heterocycles. The van der Waals surface area contributed by atoms with Crippen LogP contribution >= 0.6 is 0 Å². The van der Waals surface area contributed by atoms with E-state index in [1.807, 2.05) is 14.1 Å². The lowest BCUT2D eigenvalue weighted by Crippen LogP contribution is -2.50. The van der Waals surface area contributed by atoms with Gasteiger partial charge in [0.2, 0.25) is 0 Å². The van der Waals surface area contributed by atoms with Crippen molar-refractivity contribution in [2.75, 3.05) is 33.7 Å². The van der Waals surface area contributed by atoms with Gasteiger partial charge in [0, 0.05) is 5.54 Å². The monoisotopic (exact) mass is 229 g/mol. The molecular weight excluding hydrogens is 206 g/mol. The van der Waals surface area contributed by atoms with Crippen LogP contribution in [0.1, 0.15) is 25.7 Å². The van der Waals surface area contributed by atoms with Crippen molar-refractivity contribution < 1.29 is 9.90 Å². The van der Waals surface area contributed by atoms with Crippen molar-refractivity contribution >= 4 is 6.09 Å². The van der Waals surface area contributed by atoms with E-state index in [4.69, 9.17) is 5.11 Å². The molecule has 1 aliphatic rings. The molecule has 16 heavy (non-hydrogen) atoms. The third-order valence-electron chi connectivity index (χ3n) is 3.20. The van der Waals surface area contributed by atoms with Crippen LogP contribution in [-0.4, -0.2) is 55.4 Å². The van der Waals surface area contributed by atoms with Gasteiger partial charge in [-0.25, -0.2) is 4.79 Å². The highest BCUT2D eigenvalue weighted by Crippen LogP contribution is 2.23. The fraction of sp³-hybridized carbons (Fsp3) is 0.909. The molecule has 0 unspecified atom stereocenters. The lowest BCUT2D eigenvalue weighted by Gasteiger charge is -2.33. The van der Waals surface area contributed by atoms with Gasteiger partial charge in [0.25, 0.3) is 0 Å². The van der Waals surface area contributed by atoms with Gasteiger partial charge < -0.3 is 20.6 Å². The summed E-state index contributed by atoms with van der Waals surface area (Å²) in [5, 5.41) is 15.0. The summed E-state index contributed by atoms with van der Waals surface area (Å²) in [6.07, 6.45) is 2.83. The first-order valence-electron chi connectivity index (χ1n) is 5.91. The van der Waals surface area contributed by atoms with Gasteiger partial charge in [-0.15, -0.1) is 0 Å². The average molecular weight is 229 g/mol. The van der Waals surface area contributed by atoms with Gasteiger partial charge in [0.1, 0.15) is 0 Å². The molecular formula is C11H23N3O2. The molecule has 1 amide bonds. The molecule has 0 aromatic carbocycles. The molecule has 5 heteroatoms. The molecule has 0 aromatic rings. The molecule has 0 aliphatic carbocycles. The van der Waals surface area contributed by atoms with E-state index < -0.39 is 6.09 Å². The quantitative estimate of drug-likeness (QED) is 0.664. The molecule has 3 N–H and O–H groups in total. The smallest absolute Gasteiger partial charge is 0.405 e. The van der Waals surface area contributed by atoms with E-state index in [0.717, 1.165) is 45.3 Å². The molecule has 1 atom stereocenters. The van der Waals surface area contributed by atoms with Gasteiger partial charge in [-0.2, -0.15) is 0 Å². The number of nitrogens with one attached hydrogen (secondary N) is 2. The SMILES string of the molecule is CN(C)CC[C@]1(NC(=O)O)CCCNCC1. The molecule has 1 fully saturated rings. The Morgan fingerprint density at radius 2 is 2.19 bits per heavy atom. The zero-order valence-corrected chi connectivity index (χ0v) is 10.3. The number of hydrogen-bond donors (Lipinski definition) is 3.